The number of aryl methyl sites for hydroxylation is 1. The number of nitrogens with zero attached hydrogens (tertiary/aromatic N) is 1. The molecule has 1 aliphatic carbocycles. The number of halogens is 1. The molecule has 1 aliphatic rings. The molecule has 1 atom stereocenters. The molecule has 2 rings (SSSR count). The number of carbonyl (C=O) groups excluding carboxylic acids is 1. The zero-order valence-corrected chi connectivity index (χ0v) is 14.6. The van der Waals surface area contributed by atoms with E-state index in [9.17, 15) is 13.2 Å². The van der Waals surface area contributed by atoms with Crippen molar-refractivity contribution < 1.29 is 13.2 Å². The van der Waals surface area contributed by atoms with Crippen LogP contribution in [0.15, 0.2) is 12.1 Å². The van der Waals surface area contributed by atoms with Crippen LogP contribution >= 0.6 is 22.9 Å². The van der Waals surface area contributed by atoms with E-state index in [0.717, 1.165) is 22.1 Å². The number of amides is 1. The topological polar surface area (TPSA) is 54.5 Å². The van der Waals surface area contributed by atoms with Crippen LogP contribution in [0.3, 0.4) is 0 Å². The highest BCUT2D eigenvalue weighted by Gasteiger charge is 2.36. The maximum absolute atomic E-state index is 12.4. The van der Waals surface area contributed by atoms with Crippen molar-refractivity contribution in [1.29, 1.82) is 0 Å². The van der Waals surface area contributed by atoms with Gasteiger partial charge in [0.2, 0.25) is 5.91 Å². The number of hydrogen-bond acceptors (Lipinski definition) is 4. The van der Waals surface area contributed by atoms with Gasteiger partial charge in [-0.2, -0.15) is 0 Å². The molecule has 1 fully saturated rings. The third-order valence-corrected chi connectivity index (χ3v) is 5.84. The Kier molecular flexibility index (Phi) is 5.33. The third kappa shape index (κ3) is 5.27. The fraction of sp³-hybridized carbons (Fsp3) is 0.643. The van der Waals surface area contributed by atoms with Gasteiger partial charge < -0.3 is 4.90 Å². The largest absolute Gasteiger partial charge is 0.336 e. The lowest BCUT2D eigenvalue weighted by molar-refractivity contribution is -0.133. The zero-order chi connectivity index (χ0) is 15.6. The maximum Gasteiger partial charge on any atom is 0.223 e. The van der Waals surface area contributed by atoms with E-state index in [2.05, 4.69) is 0 Å². The molecule has 7 heteroatoms. The first-order chi connectivity index (χ1) is 9.76. The Morgan fingerprint density at radius 2 is 2.14 bits per heavy atom. The van der Waals surface area contributed by atoms with Crippen LogP contribution in [-0.4, -0.2) is 43.3 Å². The summed E-state index contributed by atoms with van der Waals surface area (Å²) in [7, 11) is -3.08. The van der Waals surface area contributed by atoms with Gasteiger partial charge in [0.15, 0.2) is 0 Å². The molecule has 1 aromatic rings. The van der Waals surface area contributed by atoms with E-state index in [1.165, 1.54) is 17.6 Å². The van der Waals surface area contributed by atoms with Crippen LogP contribution in [0.5, 0.6) is 0 Å². The molecule has 0 N–H and O–H groups in total. The van der Waals surface area contributed by atoms with Crippen molar-refractivity contribution in [1.82, 2.24) is 4.90 Å². The number of hydrogen-bond donors (Lipinski definition) is 0. The van der Waals surface area contributed by atoms with E-state index in [0.29, 0.717) is 12.8 Å². The van der Waals surface area contributed by atoms with Gasteiger partial charge in [0.05, 0.1) is 10.1 Å². The van der Waals surface area contributed by atoms with E-state index in [4.69, 9.17) is 11.6 Å². The van der Waals surface area contributed by atoms with E-state index < -0.39 is 9.84 Å². The van der Waals surface area contributed by atoms with Crippen molar-refractivity contribution in [3.63, 3.8) is 0 Å². The first kappa shape index (κ1) is 16.8. The monoisotopic (exact) mass is 349 g/mol. The summed E-state index contributed by atoms with van der Waals surface area (Å²) in [6, 6.07) is 3.73. The van der Waals surface area contributed by atoms with Crippen LogP contribution in [0.25, 0.3) is 0 Å². The Labute approximate surface area is 135 Å². The van der Waals surface area contributed by atoms with Crippen molar-refractivity contribution in [3.05, 3.63) is 21.3 Å². The molecule has 21 heavy (non-hydrogen) atoms. The minimum absolute atomic E-state index is 0.0278. The van der Waals surface area contributed by atoms with Gasteiger partial charge in [-0.15, -0.1) is 11.3 Å². The SMILES string of the molecule is C[C@@H](CS(C)(=O)=O)N(C(=O)CCc1ccc(Cl)s1)C1CC1. The Balaban J connectivity index is 1.96. The van der Waals surface area contributed by atoms with Crippen molar-refractivity contribution >= 4 is 38.7 Å². The number of sulfone groups is 1. The second kappa shape index (κ2) is 6.67. The predicted octanol–water partition coefficient (Wildman–Crippen LogP) is 2.76. The molecule has 0 saturated heterocycles. The average Bonchev–Trinajstić information content (AvgIpc) is 3.07. The van der Waals surface area contributed by atoms with Crippen LogP contribution in [0.1, 0.15) is 31.1 Å². The smallest absolute Gasteiger partial charge is 0.223 e. The van der Waals surface area contributed by atoms with Crippen molar-refractivity contribution in [2.24, 2.45) is 0 Å². The Morgan fingerprint density at radius 3 is 2.62 bits per heavy atom. The summed E-state index contributed by atoms with van der Waals surface area (Å²) in [4.78, 5) is 15.3. The predicted molar refractivity (Wildman–Crippen MR) is 86.7 cm³/mol. The van der Waals surface area contributed by atoms with E-state index in [-0.39, 0.29) is 23.7 Å². The molecule has 1 heterocycles. The highest BCUT2D eigenvalue weighted by atomic mass is 35.5. The molecular weight excluding hydrogens is 330 g/mol. The number of thiophene rings is 1. The van der Waals surface area contributed by atoms with Gasteiger partial charge in [0.1, 0.15) is 9.84 Å². The average molecular weight is 350 g/mol. The van der Waals surface area contributed by atoms with E-state index >= 15 is 0 Å². The molecular formula is C14H20ClNO3S2. The highest BCUT2D eigenvalue weighted by Crippen LogP contribution is 2.30. The fourth-order valence-corrected chi connectivity index (χ4v) is 4.65. The van der Waals surface area contributed by atoms with Gasteiger partial charge in [-0.05, 0) is 38.3 Å². The van der Waals surface area contributed by atoms with Crippen LogP contribution < -0.4 is 0 Å². The normalized spacial score (nSPS) is 16.7. The second-order valence-electron chi connectivity index (χ2n) is 5.68. The molecule has 0 radical (unpaired) electrons. The summed E-state index contributed by atoms with van der Waals surface area (Å²) < 4.78 is 23.6. The summed E-state index contributed by atoms with van der Waals surface area (Å²) in [6.07, 6.45) is 4.23. The summed E-state index contributed by atoms with van der Waals surface area (Å²) in [5, 5.41) is 0. The molecule has 1 saturated carbocycles. The van der Waals surface area contributed by atoms with Gasteiger partial charge in [0, 0.05) is 29.6 Å². The minimum atomic E-state index is -3.08. The molecule has 0 bridgehead atoms. The molecule has 0 aromatic carbocycles. The van der Waals surface area contributed by atoms with E-state index in [1.54, 1.807) is 4.90 Å². The van der Waals surface area contributed by atoms with Crippen LogP contribution in [-0.2, 0) is 21.1 Å². The van der Waals surface area contributed by atoms with Crippen LogP contribution in [0.4, 0.5) is 0 Å². The van der Waals surface area contributed by atoms with Crippen molar-refractivity contribution in [3.8, 4) is 0 Å². The van der Waals surface area contributed by atoms with Gasteiger partial charge in [-0.3, -0.25) is 4.79 Å². The summed E-state index contributed by atoms with van der Waals surface area (Å²) >= 11 is 7.36. The van der Waals surface area contributed by atoms with Gasteiger partial charge in [0.25, 0.3) is 0 Å². The molecule has 0 aliphatic heterocycles. The van der Waals surface area contributed by atoms with Gasteiger partial charge in [-0.1, -0.05) is 11.6 Å². The van der Waals surface area contributed by atoms with Gasteiger partial charge in [-0.25, -0.2) is 8.42 Å². The Bertz CT molecular complexity index is 607. The standard InChI is InChI=1S/C14H20ClNO3S2/c1-10(9-21(2,18)19)16(11-3-4-11)14(17)8-6-12-5-7-13(15)20-12/h5,7,10-11H,3-4,6,8-9H2,1-2H3/t10-/m0/s1. The first-order valence-electron chi connectivity index (χ1n) is 6.99. The highest BCUT2D eigenvalue weighted by molar-refractivity contribution is 7.90. The lowest BCUT2D eigenvalue weighted by Crippen LogP contribution is -2.43. The molecule has 1 amide bonds. The molecule has 0 spiro atoms. The van der Waals surface area contributed by atoms with Crippen LogP contribution in [0, 0.1) is 0 Å². The Hall–Kier alpha value is -0.590. The maximum atomic E-state index is 12.4. The summed E-state index contributed by atoms with van der Waals surface area (Å²) in [5.41, 5.74) is 0. The molecule has 118 valence electrons. The molecule has 1 aromatic heterocycles. The summed E-state index contributed by atoms with van der Waals surface area (Å²) in [5.74, 6) is 0.0678. The number of carbonyl (C=O) groups is 1. The lowest BCUT2D eigenvalue weighted by Gasteiger charge is -2.29. The molecule has 4 nitrogen and oxygen atoms in total. The van der Waals surface area contributed by atoms with Gasteiger partial charge >= 0.3 is 0 Å². The number of rotatable bonds is 7. The fourth-order valence-electron chi connectivity index (χ4n) is 2.53. The lowest BCUT2D eigenvalue weighted by atomic mass is 10.2. The second-order valence-corrected chi connectivity index (χ2v) is 9.66. The summed E-state index contributed by atoms with van der Waals surface area (Å²) in [6.45, 7) is 1.82. The Morgan fingerprint density at radius 1 is 1.48 bits per heavy atom. The minimum Gasteiger partial charge on any atom is -0.336 e. The molecule has 0 unspecified atom stereocenters. The quantitative estimate of drug-likeness (QED) is 0.760. The van der Waals surface area contributed by atoms with Crippen molar-refractivity contribution in [2.45, 2.75) is 44.7 Å². The van der Waals surface area contributed by atoms with Crippen molar-refractivity contribution in [2.75, 3.05) is 12.0 Å². The zero-order valence-electron chi connectivity index (χ0n) is 12.2. The third-order valence-electron chi connectivity index (χ3n) is 3.46. The van der Waals surface area contributed by atoms with E-state index in [1.807, 2.05) is 19.1 Å². The first-order valence-corrected chi connectivity index (χ1v) is 10.2. The van der Waals surface area contributed by atoms with Crippen LogP contribution in [0.2, 0.25) is 4.34 Å².